The monoisotopic (exact) mass is 393 g/mol. The fraction of sp³-hybridized carbons (Fsp3) is 0.562. The van der Waals surface area contributed by atoms with Gasteiger partial charge in [0.2, 0.25) is 10.0 Å². The van der Waals surface area contributed by atoms with Gasteiger partial charge in [0.05, 0.1) is 22.1 Å². The SMILES string of the molecule is COC(=O)C(CC1CCCCC1)NS(=O)(=O)c1ccc(Cl)c(Cl)c1. The molecule has 0 aliphatic heterocycles. The van der Waals surface area contributed by atoms with Crippen molar-refractivity contribution in [2.24, 2.45) is 5.92 Å². The second-order valence-electron chi connectivity index (χ2n) is 6.01. The first-order valence-corrected chi connectivity index (χ1v) is 10.1. The van der Waals surface area contributed by atoms with Crippen LogP contribution < -0.4 is 4.72 Å². The van der Waals surface area contributed by atoms with Gasteiger partial charge >= 0.3 is 5.97 Å². The number of carbonyl (C=O) groups is 1. The van der Waals surface area contributed by atoms with Gasteiger partial charge in [-0.1, -0.05) is 55.3 Å². The van der Waals surface area contributed by atoms with Gasteiger partial charge in [-0.25, -0.2) is 8.42 Å². The van der Waals surface area contributed by atoms with E-state index >= 15 is 0 Å². The van der Waals surface area contributed by atoms with E-state index in [4.69, 9.17) is 27.9 Å². The van der Waals surface area contributed by atoms with Crippen molar-refractivity contribution in [1.82, 2.24) is 4.72 Å². The summed E-state index contributed by atoms with van der Waals surface area (Å²) >= 11 is 11.7. The molecular formula is C16H21Cl2NO4S. The van der Waals surface area contributed by atoms with Crippen LogP contribution in [-0.2, 0) is 19.6 Å². The molecule has 0 radical (unpaired) electrons. The fourth-order valence-electron chi connectivity index (χ4n) is 2.99. The van der Waals surface area contributed by atoms with E-state index < -0.39 is 22.0 Å². The molecule has 1 atom stereocenters. The Labute approximate surface area is 152 Å². The lowest BCUT2D eigenvalue weighted by Gasteiger charge is -2.25. The molecule has 5 nitrogen and oxygen atoms in total. The molecular weight excluding hydrogens is 373 g/mol. The Hall–Kier alpha value is -0.820. The minimum Gasteiger partial charge on any atom is -0.468 e. The Balaban J connectivity index is 2.17. The first-order chi connectivity index (χ1) is 11.3. The summed E-state index contributed by atoms with van der Waals surface area (Å²) < 4.78 is 32.3. The standard InChI is InChI=1S/C16H21Cl2NO4S/c1-23-16(20)15(9-11-5-3-2-4-6-11)19-24(21,22)12-7-8-13(17)14(18)10-12/h7-8,10-11,15,19H,2-6,9H2,1H3. The van der Waals surface area contributed by atoms with Gasteiger partial charge in [0.15, 0.2) is 0 Å². The Bertz CT molecular complexity index is 687. The largest absolute Gasteiger partial charge is 0.468 e. The molecule has 0 saturated heterocycles. The van der Waals surface area contributed by atoms with Gasteiger partial charge < -0.3 is 4.74 Å². The first kappa shape index (κ1) is 19.5. The molecule has 134 valence electrons. The van der Waals surface area contributed by atoms with Crippen LogP contribution >= 0.6 is 23.2 Å². The van der Waals surface area contributed by atoms with E-state index in [0.717, 1.165) is 25.7 Å². The van der Waals surface area contributed by atoms with Crippen molar-refractivity contribution in [3.8, 4) is 0 Å². The molecule has 1 aliphatic rings. The highest BCUT2D eigenvalue weighted by Crippen LogP contribution is 2.29. The lowest BCUT2D eigenvalue weighted by atomic mass is 9.85. The molecule has 0 aromatic heterocycles. The fourth-order valence-corrected chi connectivity index (χ4v) is 4.58. The lowest BCUT2D eigenvalue weighted by molar-refractivity contribution is -0.143. The van der Waals surface area contributed by atoms with Gasteiger partial charge in [-0.15, -0.1) is 0 Å². The molecule has 0 bridgehead atoms. The van der Waals surface area contributed by atoms with Gasteiger partial charge in [-0.3, -0.25) is 4.79 Å². The highest BCUT2D eigenvalue weighted by Gasteiger charge is 2.30. The Morgan fingerprint density at radius 1 is 1.25 bits per heavy atom. The minimum atomic E-state index is -3.90. The number of halogens is 2. The maximum absolute atomic E-state index is 12.5. The van der Waals surface area contributed by atoms with E-state index in [-0.39, 0.29) is 14.9 Å². The van der Waals surface area contributed by atoms with Crippen molar-refractivity contribution in [3.63, 3.8) is 0 Å². The summed E-state index contributed by atoms with van der Waals surface area (Å²) in [7, 11) is -2.64. The van der Waals surface area contributed by atoms with Crippen LogP contribution in [0.5, 0.6) is 0 Å². The van der Waals surface area contributed by atoms with Crippen LogP contribution in [-0.4, -0.2) is 27.5 Å². The van der Waals surface area contributed by atoms with E-state index in [1.54, 1.807) is 0 Å². The van der Waals surface area contributed by atoms with Gasteiger partial charge in [0, 0.05) is 0 Å². The van der Waals surface area contributed by atoms with Crippen LogP contribution in [0, 0.1) is 5.92 Å². The van der Waals surface area contributed by atoms with Gasteiger partial charge in [0.25, 0.3) is 0 Å². The van der Waals surface area contributed by atoms with Gasteiger partial charge in [-0.2, -0.15) is 4.72 Å². The average Bonchev–Trinajstić information content (AvgIpc) is 2.56. The van der Waals surface area contributed by atoms with Crippen molar-refractivity contribution in [3.05, 3.63) is 28.2 Å². The summed E-state index contributed by atoms with van der Waals surface area (Å²) in [6.07, 6.45) is 5.85. The molecule has 1 saturated carbocycles. The molecule has 1 fully saturated rings. The third kappa shape index (κ3) is 5.09. The number of esters is 1. The van der Waals surface area contributed by atoms with E-state index in [2.05, 4.69) is 4.72 Å². The molecule has 24 heavy (non-hydrogen) atoms. The van der Waals surface area contributed by atoms with E-state index in [1.807, 2.05) is 0 Å². The highest BCUT2D eigenvalue weighted by atomic mass is 35.5. The second kappa shape index (κ2) is 8.52. The predicted molar refractivity (Wildman–Crippen MR) is 93.8 cm³/mol. The molecule has 0 spiro atoms. The Morgan fingerprint density at radius 3 is 2.50 bits per heavy atom. The van der Waals surface area contributed by atoms with E-state index in [9.17, 15) is 13.2 Å². The molecule has 1 unspecified atom stereocenters. The van der Waals surface area contributed by atoms with Crippen molar-refractivity contribution < 1.29 is 17.9 Å². The summed E-state index contributed by atoms with van der Waals surface area (Å²) in [6.45, 7) is 0. The number of sulfonamides is 1. The number of ether oxygens (including phenoxy) is 1. The van der Waals surface area contributed by atoms with Gasteiger partial charge in [-0.05, 0) is 30.5 Å². The van der Waals surface area contributed by atoms with Crippen LogP contribution in [0.2, 0.25) is 10.0 Å². The van der Waals surface area contributed by atoms with Crippen LogP contribution in [0.15, 0.2) is 23.1 Å². The molecule has 1 N–H and O–H groups in total. The van der Waals surface area contributed by atoms with Crippen molar-refractivity contribution in [1.29, 1.82) is 0 Å². The normalized spacial score (nSPS) is 17.5. The number of methoxy groups -OCH3 is 1. The summed E-state index contributed by atoms with van der Waals surface area (Å²) in [5.74, 6) is -0.261. The zero-order valence-electron chi connectivity index (χ0n) is 13.4. The maximum atomic E-state index is 12.5. The van der Waals surface area contributed by atoms with Crippen LogP contribution in [0.4, 0.5) is 0 Å². The van der Waals surface area contributed by atoms with Crippen LogP contribution in [0.1, 0.15) is 38.5 Å². The average molecular weight is 394 g/mol. The number of rotatable bonds is 6. The quantitative estimate of drug-likeness (QED) is 0.746. The number of hydrogen-bond donors (Lipinski definition) is 1. The molecule has 1 aliphatic carbocycles. The summed E-state index contributed by atoms with van der Waals surface area (Å²) in [5.41, 5.74) is 0. The zero-order chi connectivity index (χ0) is 17.7. The Kier molecular flexibility index (Phi) is 6.92. The highest BCUT2D eigenvalue weighted by molar-refractivity contribution is 7.89. The Morgan fingerprint density at radius 2 is 1.92 bits per heavy atom. The smallest absolute Gasteiger partial charge is 0.323 e. The third-order valence-corrected chi connectivity index (χ3v) is 6.49. The predicted octanol–water partition coefficient (Wildman–Crippen LogP) is 3.78. The molecule has 1 aromatic rings. The third-order valence-electron chi connectivity index (χ3n) is 4.28. The van der Waals surface area contributed by atoms with Crippen molar-refractivity contribution >= 4 is 39.2 Å². The number of hydrogen-bond acceptors (Lipinski definition) is 4. The van der Waals surface area contributed by atoms with Crippen LogP contribution in [0.3, 0.4) is 0 Å². The minimum absolute atomic E-state index is 0.0329. The number of benzene rings is 1. The topological polar surface area (TPSA) is 72.5 Å². The summed E-state index contributed by atoms with van der Waals surface area (Å²) in [4.78, 5) is 12.0. The maximum Gasteiger partial charge on any atom is 0.323 e. The summed E-state index contributed by atoms with van der Waals surface area (Å²) in [5, 5.41) is 0.406. The first-order valence-electron chi connectivity index (χ1n) is 7.88. The van der Waals surface area contributed by atoms with Crippen molar-refractivity contribution in [2.75, 3.05) is 7.11 Å². The van der Waals surface area contributed by atoms with Gasteiger partial charge in [0.1, 0.15) is 6.04 Å². The van der Waals surface area contributed by atoms with Crippen LogP contribution in [0.25, 0.3) is 0 Å². The molecule has 8 heteroatoms. The van der Waals surface area contributed by atoms with E-state index in [1.165, 1.54) is 31.7 Å². The molecule has 0 heterocycles. The number of carbonyl (C=O) groups excluding carboxylic acids is 1. The second-order valence-corrected chi connectivity index (χ2v) is 8.54. The number of nitrogens with one attached hydrogen (secondary N) is 1. The molecule has 0 amide bonds. The van der Waals surface area contributed by atoms with E-state index in [0.29, 0.717) is 12.3 Å². The summed E-state index contributed by atoms with van der Waals surface area (Å²) in [6, 6.07) is 3.12. The molecule has 2 rings (SSSR count). The lowest BCUT2D eigenvalue weighted by Crippen LogP contribution is -2.42. The van der Waals surface area contributed by atoms with Crippen molar-refractivity contribution in [2.45, 2.75) is 49.5 Å². The molecule has 1 aromatic carbocycles. The zero-order valence-corrected chi connectivity index (χ0v) is 15.8.